The molecule has 2 N–H and O–H groups in total. The number of carbonyl (C=O) groups is 3. The van der Waals surface area contributed by atoms with Crippen LogP contribution in [0.25, 0.3) is 6.08 Å². The number of imide groups is 1. The van der Waals surface area contributed by atoms with Gasteiger partial charge in [0.2, 0.25) is 0 Å². The zero-order valence-electron chi connectivity index (χ0n) is 12.1. The molecule has 118 valence electrons. The fourth-order valence-corrected chi connectivity index (χ4v) is 1.60. The lowest BCUT2D eigenvalue weighted by Crippen LogP contribution is -2.41. The van der Waals surface area contributed by atoms with Crippen LogP contribution in [0.3, 0.4) is 0 Å². The average Bonchev–Trinajstić information content (AvgIpc) is 2.49. The summed E-state index contributed by atoms with van der Waals surface area (Å²) in [7, 11) is 0. The third-order valence-corrected chi connectivity index (χ3v) is 2.63. The molecular weight excluding hydrogens is 308 g/mol. The standard InChI is InChI=1S/C15H17ClN2O4/c1-2-8-17-15(21)18-13(19)10-22-14(20)7-6-11-4-3-5-12(16)9-11/h3-7,9H,2,8,10H2,1H3,(H2,17,18,19,21)/b7-6+. The molecule has 1 aromatic carbocycles. The van der Waals surface area contributed by atoms with Gasteiger partial charge in [0.25, 0.3) is 5.91 Å². The SMILES string of the molecule is CCCNC(=O)NC(=O)COC(=O)/C=C/c1cccc(Cl)c1. The van der Waals surface area contributed by atoms with Crippen molar-refractivity contribution in [1.82, 2.24) is 10.6 Å². The smallest absolute Gasteiger partial charge is 0.331 e. The first-order valence-electron chi connectivity index (χ1n) is 6.69. The number of hydrogen-bond donors (Lipinski definition) is 2. The van der Waals surface area contributed by atoms with Crippen LogP contribution in [0.15, 0.2) is 30.3 Å². The first kappa shape index (κ1) is 17.7. The number of carbonyl (C=O) groups excluding carboxylic acids is 3. The van der Waals surface area contributed by atoms with E-state index in [1.807, 2.05) is 12.2 Å². The molecule has 0 spiro atoms. The van der Waals surface area contributed by atoms with Gasteiger partial charge in [-0.2, -0.15) is 0 Å². The summed E-state index contributed by atoms with van der Waals surface area (Å²) in [6.45, 7) is 1.82. The Morgan fingerprint density at radius 1 is 1.32 bits per heavy atom. The van der Waals surface area contributed by atoms with E-state index in [9.17, 15) is 14.4 Å². The fraction of sp³-hybridized carbons (Fsp3) is 0.267. The molecular formula is C15H17ClN2O4. The third-order valence-electron chi connectivity index (χ3n) is 2.39. The second kappa shape index (κ2) is 9.57. The van der Waals surface area contributed by atoms with Gasteiger partial charge in [-0.1, -0.05) is 30.7 Å². The van der Waals surface area contributed by atoms with Crippen molar-refractivity contribution in [2.75, 3.05) is 13.2 Å². The van der Waals surface area contributed by atoms with Crippen LogP contribution in [0.1, 0.15) is 18.9 Å². The van der Waals surface area contributed by atoms with Crippen molar-refractivity contribution in [1.29, 1.82) is 0 Å². The molecule has 0 fully saturated rings. The van der Waals surface area contributed by atoms with E-state index in [-0.39, 0.29) is 0 Å². The summed E-state index contributed by atoms with van der Waals surface area (Å²) in [5.74, 6) is -1.39. The van der Waals surface area contributed by atoms with Gasteiger partial charge >= 0.3 is 12.0 Å². The highest BCUT2D eigenvalue weighted by molar-refractivity contribution is 6.30. The Morgan fingerprint density at radius 3 is 2.77 bits per heavy atom. The van der Waals surface area contributed by atoms with Gasteiger partial charge in [-0.3, -0.25) is 10.1 Å². The third kappa shape index (κ3) is 7.44. The minimum atomic E-state index is -0.696. The molecule has 0 aliphatic carbocycles. The van der Waals surface area contributed by atoms with E-state index in [1.54, 1.807) is 24.3 Å². The van der Waals surface area contributed by atoms with Crippen LogP contribution in [0, 0.1) is 0 Å². The summed E-state index contributed by atoms with van der Waals surface area (Å²) in [5.41, 5.74) is 0.729. The van der Waals surface area contributed by atoms with Gasteiger partial charge in [-0.15, -0.1) is 0 Å². The zero-order chi connectivity index (χ0) is 16.4. The molecule has 0 aliphatic heterocycles. The number of rotatable bonds is 6. The maximum atomic E-state index is 11.4. The molecule has 1 rings (SSSR count). The Morgan fingerprint density at radius 2 is 2.09 bits per heavy atom. The van der Waals surface area contributed by atoms with Crippen molar-refractivity contribution in [3.05, 3.63) is 40.9 Å². The van der Waals surface area contributed by atoms with Crippen LogP contribution in [0.2, 0.25) is 5.02 Å². The largest absolute Gasteiger partial charge is 0.452 e. The van der Waals surface area contributed by atoms with Crippen LogP contribution in [0.4, 0.5) is 4.79 Å². The second-order valence-electron chi connectivity index (χ2n) is 4.30. The Labute approximate surface area is 133 Å². The molecule has 1 aromatic rings. The molecule has 0 radical (unpaired) electrons. The monoisotopic (exact) mass is 324 g/mol. The lowest BCUT2D eigenvalue weighted by molar-refractivity contribution is -0.143. The minimum absolute atomic E-state index is 0.460. The van der Waals surface area contributed by atoms with Gasteiger partial charge in [0.05, 0.1) is 0 Å². The van der Waals surface area contributed by atoms with Crippen LogP contribution < -0.4 is 10.6 Å². The summed E-state index contributed by atoms with van der Waals surface area (Å²) in [4.78, 5) is 34.0. The molecule has 0 aromatic heterocycles. The summed E-state index contributed by atoms with van der Waals surface area (Å²) in [5, 5.41) is 5.06. The predicted octanol–water partition coefficient (Wildman–Crippen LogP) is 2.13. The maximum absolute atomic E-state index is 11.4. The summed E-state index contributed by atoms with van der Waals surface area (Å²) >= 11 is 5.81. The lowest BCUT2D eigenvalue weighted by atomic mass is 10.2. The van der Waals surface area contributed by atoms with Gasteiger partial charge in [0.15, 0.2) is 6.61 Å². The number of esters is 1. The lowest BCUT2D eigenvalue weighted by Gasteiger charge is -2.05. The van der Waals surface area contributed by atoms with E-state index in [0.29, 0.717) is 11.6 Å². The fourth-order valence-electron chi connectivity index (χ4n) is 1.40. The molecule has 0 saturated carbocycles. The Bertz CT molecular complexity index is 572. The molecule has 0 atom stereocenters. The van der Waals surface area contributed by atoms with Crippen molar-refractivity contribution in [2.24, 2.45) is 0 Å². The van der Waals surface area contributed by atoms with Crippen LogP contribution in [-0.2, 0) is 14.3 Å². The van der Waals surface area contributed by atoms with E-state index < -0.39 is 24.5 Å². The highest BCUT2D eigenvalue weighted by Crippen LogP contribution is 2.11. The highest BCUT2D eigenvalue weighted by atomic mass is 35.5. The molecule has 6 nitrogen and oxygen atoms in total. The topological polar surface area (TPSA) is 84.5 Å². The quantitative estimate of drug-likeness (QED) is 0.620. The second-order valence-corrected chi connectivity index (χ2v) is 4.74. The average molecular weight is 325 g/mol. The van der Waals surface area contributed by atoms with Gasteiger partial charge in [-0.25, -0.2) is 9.59 Å². The Hall–Kier alpha value is -2.34. The van der Waals surface area contributed by atoms with Crippen molar-refractivity contribution >= 4 is 35.6 Å². The number of benzene rings is 1. The summed E-state index contributed by atoms with van der Waals surface area (Å²) in [6.07, 6.45) is 3.45. The number of nitrogens with one attached hydrogen (secondary N) is 2. The molecule has 0 bridgehead atoms. The Balaban J connectivity index is 2.33. The number of hydrogen-bond acceptors (Lipinski definition) is 4. The van der Waals surface area contributed by atoms with Crippen LogP contribution >= 0.6 is 11.6 Å². The zero-order valence-corrected chi connectivity index (χ0v) is 12.9. The first-order valence-corrected chi connectivity index (χ1v) is 7.07. The minimum Gasteiger partial charge on any atom is -0.452 e. The first-order chi connectivity index (χ1) is 10.5. The number of urea groups is 1. The normalized spacial score (nSPS) is 10.3. The molecule has 7 heteroatoms. The highest BCUT2D eigenvalue weighted by Gasteiger charge is 2.08. The molecule has 0 heterocycles. The van der Waals surface area contributed by atoms with E-state index >= 15 is 0 Å². The summed E-state index contributed by atoms with van der Waals surface area (Å²) in [6, 6.07) is 6.29. The van der Waals surface area contributed by atoms with E-state index in [0.717, 1.165) is 12.0 Å². The molecule has 22 heavy (non-hydrogen) atoms. The van der Waals surface area contributed by atoms with Gasteiger partial charge < -0.3 is 10.1 Å². The number of ether oxygens (including phenoxy) is 1. The van der Waals surface area contributed by atoms with E-state index in [2.05, 4.69) is 5.32 Å². The predicted molar refractivity (Wildman–Crippen MR) is 83.3 cm³/mol. The van der Waals surface area contributed by atoms with Gasteiger partial charge in [-0.05, 0) is 30.2 Å². The maximum Gasteiger partial charge on any atom is 0.331 e. The number of halogens is 1. The molecule has 3 amide bonds. The van der Waals surface area contributed by atoms with Crippen molar-refractivity contribution in [3.63, 3.8) is 0 Å². The Kier molecular flexibility index (Phi) is 7.70. The van der Waals surface area contributed by atoms with Crippen molar-refractivity contribution in [3.8, 4) is 0 Å². The van der Waals surface area contributed by atoms with Gasteiger partial charge in [0.1, 0.15) is 0 Å². The molecule has 0 saturated heterocycles. The van der Waals surface area contributed by atoms with Crippen molar-refractivity contribution in [2.45, 2.75) is 13.3 Å². The molecule has 0 aliphatic rings. The number of amides is 3. The van der Waals surface area contributed by atoms with E-state index in [1.165, 1.54) is 12.2 Å². The van der Waals surface area contributed by atoms with Crippen molar-refractivity contribution < 1.29 is 19.1 Å². The van der Waals surface area contributed by atoms with Gasteiger partial charge in [0, 0.05) is 17.6 Å². The molecule has 0 unspecified atom stereocenters. The van der Waals surface area contributed by atoms with Crippen LogP contribution in [-0.4, -0.2) is 31.1 Å². The summed E-state index contributed by atoms with van der Waals surface area (Å²) < 4.78 is 4.71. The van der Waals surface area contributed by atoms with E-state index in [4.69, 9.17) is 16.3 Å². The van der Waals surface area contributed by atoms with Crippen LogP contribution in [0.5, 0.6) is 0 Å².